The van der Waals surface area contributed by atoms with E-state index in [1.54, 1.807) is 0 Å². The maximum Gasteiger partial charge on any atom is 0.0721 e. The Morgan fingerprint density at radius 1 is 1.09 bits per heavy atom. The van der Waals surface area contributed by atoms with Crippen LogP contribution in [0.1, 0.15) is 17.5 Å². The van der Waals surface area contributed by atoms with Gasteiger partial charge in [-0.25, -0.2) is 0 Å². The predicted octanol–water partition coefficient (Wildman–Crippen LogP) is 3.16. The van der Waals surface area contributed by atoms with Crippen molar-refractivity contribution in [2.45, 2.75) is 25.6 Å². The first-order chi connectivity index (χ1) is 10.8. The zero-order chi connectivity index (χ0) is 15.2. The molecule has 0 N–H and O–H groups in total. The second-order valence-electron chi connectivity index (χ2n) is 6.21. The molecule has 1 aromatic carbocycles. The number of hydrogen-bond acceptors (Lipinski definition) is 3. The number of ether oxygens (including phenoxy) is 1. The van der Waals surface area contributed by atoms with Gasteiger partial charge >= 0.3 is 0 Å². The van der Waals surface area contributed by atoms with Crippen molar-refractivity contribution >= 4 is 0 Å². The van der Waals surface area contributed by atoms with Crippen LogP contribution < -0.4 is 0 Å². The third kappa shape index (κ3) is 4.15. The minimum absolute atomic E-state index is 0.338. The molecule has 3 nitrogen and oxygen atoms in total. The molecule has 3 rings (SSSR count). The van der Waals surface area contributed by atoms with Crippen LogP contribution in [0.4, 0.5) is 0 Å². The van der Waals surface area contributed by atoms with Crippen LogP contribution >= 0.6 is 0 Å². The van der Waals surface area contributed by atoms with Crippen LogP contribution in [0.15, 0.2) is 54.9 Å². The van der Waals surface area contributed by atoms with Crippen LogP contribution in [0.2, 0.25) is 0 Å². The number of likely N-dealkylation sites (tertiary alicyclic amines) is 1. The third-order valence-electron chi connectivity index (χ3n) is 4.42. The second kappa shape index (κ2) is 7.52. The van der Waals surface area contributed by atoms with Gasteiger partial charge < -0.3 is 9.64 Å². The first kappa shape index (κ1) is 15.2. The molecule has 116 valence electrons. The van der Waals surface area contributed by atoms with E-state index in [9.17, 15) is 0 Å². The number of aromatic nitrogens is 1. The van der Waals surface area contributed by atoms with Gasteiger partial charge in [-0.3, -0.25) is 4.98 Å². The summed E-state index contributed by atoms with van der Waals surface area (Å²) >= 11 is 0. The van der Waals surface area contributed by atoms with Crippen LogP contribution in [0.5, 0.6) is 0 Å². The molecule has 1 saturated heterocycles. The summed E-state index contributed by atoms with van der Waals surface area (Å²) in [5.74, 6) is 0.558. The molecule has 1 aromatic heterocycles. The summed E-state index contributed by atoms with van der Waals surface area (Å²) in [4.78, 5) is 6.48. The van der Waals surface area contributed by atoms with Crippen molar-refractivity contribution in [3.63, 3.8) is 0 Å². The monoisotopic (exact) mass is 296 g/mol. The highest BCUT2D eigenvalue weighted by molar-refractivity contribution is 5.16. The average molecular weight is 296 g/mol. The smallest absolute Gasteiger partial charge is 0.0721 e. The lowest BCUT2D eigenvalue weighted by Gasteiger charge is -2.36. The number of pyridine rings is 1. The Morgan fingerprint density at radius 3 is 2.64 bits per heavy atom. The average Bonchev–Trinajstić information content (AvgIpc) is 2.56. The fourth-order valence-corrected chi connectivity index (χ4v) is 3.21. The molecule has 2 atom stereocenters. The first-order valence-corrected chi connectivity index (χ1v) is 8.04. The molecule has 0 unspecified atom stereocenters. The van der Waals surface area contributed by atoms with E-state index >= 15 is 0 Å². The van der Waals surface area contributed by atoms with Crippen LogP contribution in [0, 0.1) is 5.92 Å². The quantitative estimate of drug-likeness (QED) is 0.847. The van der Waals surface area contributed by atoms with Gasteiger partial charge in [-0.2, -0.15) is 0 Å². The number of hydrogen-bond donors (Lipinski definition) is 0. The minimum atomic E-state index is 0.338. The van der Waals surface area contributed by atoms with E-state index in [4.69, 9.17) is 4.74 Å². The summed E-state index contributed by atoms with van der Waals surface area (Å²) in [7, 11) is 2.21. The lowest BCUT2D eigenvalue weighted by Crippen LogP contribution is -2.43. The van der Waals surface area contributed by atoms with Crippen molar-refractivity contribution in [3.8, 4) is 0 Å². The number of piperidine rings is 1. The fraction of sp³-hybridized carbons (Fsp3) is 0.421. The van der Waals surface area contributed by atoms with E-state index in [0.717, 1.165) is 25.9 Å². The summed E-state index contributed by atoms with van der Waals surface area (Å²) in [5, 5.41) is 0. The van der Waals surface area contributed by atoms with Crippen LogP contribution in [-0.2, 0) is 17.8 Å². The van der Waals surface area contributed by atoms with Crippen molar-refractivity contribution in [1.29, 1.82) is 0 Å². The molecular formula is C19H24N2O. The molecule has 0 saturated carbocycles. The van der Waals surface area contributed by atoms with Crippen molar-refractivity contribution in [2.24, 2.45) is 5.92 Å². The topological polar surface area (TPSA) is 25.4 Å². The molecule has 1 aliphatic heterocycles. The Balaban J connectivity index is 1.62. The Hall–Kier alpha value is -1.71. The van der Waals surface area contributed by atoms with Crippen molar-refractivity contribution in [2.75, 3.05) is 20.1 Å². The third-order valence-corrected chi connectivity index (χ3v) is 4.42. The number of benzene rings is 1. The van der Waals surface area contributed by atoms with E-state index in [1.165, 1.54) is 11.1 Å². The van der Waals surface area contributed by atoms with Crippen LogP contribution in [0.3, 0.4) is 0 Å². The van der Waals surface area contributed by atoms with E-state index in [-0.39, 0.29) is 0 Å². The van der Waals surface area contributed by atoms with Crippen molar-refractivity contribution in [1.82, 2.24) is 9.88 Å². The van der Waals surface area contributed by atoms with E-state index < -0.39 is 0 Å². The molecule has 22 heavy (non-hydrogen) atoms. The van der Waals surface area contributed by atoms with E-state index in [1.807, 2.05) is 24.5 Å². The maximum atomic E-state index is 6.25. The Morgan fingerprint density at radius 2 is 1.86 bits per heavy atom. The van der Waals surface area contributed by atoms with Gasteiger partial charge in [0, 0.05) is 31.4 Å². The standard InChI is InChI=1S/C19H24N2O/c1-21-12-9-19(22-15-17-7-10-20-11-8-17)18(14-21)13-16-5-3-2-4-6-16/h2-8,10-11,18-19H,9,12-15H2,1H3/t18-,19+/m1/s1. The molecule has 1 aliphatic rings. The first-order valence-electron chi connectivity index (χ1n) is 8.04. The SMILES string of the molecule is CN1CC[C@H](OCc2ccncc2)[C@H](Cc2ccccc2)C1. The van der Waals surface area contributed by atoms with Gasteiger partial charge in [0.2, 0.25) is 0 Å². The Bertz CT molecular complexity index is 558. The number of nitrogens with zero attached hydrogens (tertiary/aromatic N) is 2. The van der Waals surface area contributed by atoms with Gasteiger partial charge in [0.1, 0.15) is 0 Å². The molecule has 0 spiro atoms. The maximum absolute atomic E-state index is 6.25. The largest absolute Gasteiger partial charge is 0.373 e. The molecule has 0 radical (unpaired) electrons. The molecular weight excluding hydrogens is 272 g/mol. The molecule has 1 fully saturated rings. The van der Waals surface area contributed by atoms with Crippen molar-refractivity contribution < 1.29 is 4.74 Å². The fourth-order valence-electron chi connectivity index (χ4n) is 3.21. The minimum Gasteiger partial charge on any atom is -0.373 e. The molecule has 0 amide bonds. The molecule has 0 bridgehead atoms. The Kier molecular flexibility index (Phi) is 5.20. The molecule has 2 heterocycles. The van der Waals surface area contributed by atoms with Gasteiger partial charge in [-0.1, -0.05) is 30.3 Å². The van der Waals surface area contributed by atoms with Crippen LogP contribution in [0.25, 0.3) is 0 Å². The normalized spacial score (nSPS) is 22.6. The highest BCUT2D eigenvalue weighted by Gasteiger charge is 2.28. The van der Waals surface area contributed by atoms with Gasteiger partial charge in [0.05, 0.1) is 12.7 Å². The highest BCUT2D eigenvalue weighted by atomic mass is 16.5. The van der Waals surface area contributed by atoms with Crippen molar-refractivity contribution in [3.05, 3.63) is 66.0 Å². The van der Waals surface area contributed by atoms with Crippen LogP contribution in [-0.4, -0.2) is 36.1 Å². The lowest BCUT2D eigenvalue weighted by atomic mass is 9.89. The summed E-state index contributed by atoms with van der Waals surface area (Å²) < 4.78 is 6.25. The molecule has 2 aromatic rings. The predicted molar refractivity (Wildman–Crippen MR) is 88.6 cm³/mol. The second-order valence-corrected chi connectivity index (χ2v) is 6.21. The van der Waals surface area contributed by atoms with E-state index in [0.29, 0.717) is 18.6 Å². The summed E-state index contributed by atoms with van der Waals surface area (Å²) in [6.45, 7) is 2.91. The highest BCUT2D eigenvalue weighted by Crippen LogP contribution is 2.24. The molecule has 0 aliphatic carbocycles. The zero-order valence-electron chi connectivity index (χ0n) is 13.2. The van der Waals surface area contributed by atoms with Gasteiger partial charge in [0.25, 0.3) is 0 Å². The summed E-state index contributed by atoms with van der Waals surface area (Å²) in [6, 6.07) is 14.8. The van der Waals surface area contributed by atoms with E-state index in [2.05, 4.69) is 47.3 Å². The molecule has 3 heteroatoms. The Labute approximate surface area is 132 Å². The van der Waals surface area contributed by atoms with Gasteiger partial charge in [-0.05, 0) is 43.1 Å². The number of rotatable bonds is 5. The zero-order valence-corrected chi connectivity index (χ0v) is 13.2. The lowest BCUT2D eigenvalue weighted by molar-refractivity contribution is -0.0373. The summed E-state index contributed by atoms with van der Waals surface area (Å²) in [6.07, 6.45) is 6.19. The van der Waals surface area contributed by atoms with Gasteiger partial charge in [-0.15, -0.1) is 0 Å². The summed E-state index contributed by atoms with van der Waals surface area (Å²) in [5.41, 5.74) is 2.60. The van der Waals surface area contributed by atoms with Gasteiger partial charge in [0.15, 0.2) is 0 Å².